The van der Waals surface area contributed by atoms with Gasteiger partial charge in [0.1, 0.15) is 0 Å². The Balaban J connectivity index is 1.24. The Morgan fingerprint density at radius 2 is 1.51 bits per heavy atom. The summed E-state index contributed by atoms with van der Waals surface area (Å²) < 4.78 is 56.3. The zero-order valence-corrected chi connectivity index (χ0v) is 24.9. The van der Waals surface area contributed by atoms with Crippen molar-refractivity contribution in [3.05, 3.63) is 101 Å². The number of amides is 1. The lowest BCUT2D eigenvalue weighted by molar-refractivity contribution is -0.120. The largest absolute Gasteiger partial charge is 0.326 e. The van der Waals surface area contributed by atoms with Gasteiger partial charge >= 0.3 is 0 Å². The van der Waals surface area contributed by atoms with Gasteiger partial charge in [-0.2, -0.15) is 0 Å². The predicted molar refractivity (Wildman–Crippen MR) is 163 cm³/mol. The number of anilines is 2. The van der Waals surface area contributed by atoms with Gasteiger partial charge in [0.25, 0.3) is 10.0 Å². The Morgan fingerprint density at radius 1 is 0.854 bits per heavy atom. The number of sulfonamides is 2. The van der Waals surface area contributed by atoms with Crippen LogP contribution in [-0.2, 0) is 30.6 Å². The number of halogens is 2. The van der Waals surface area contributed by atoms with E-state index < -0.39 is 26.0 Å². The van der Waals surface area contributed by atoms with Crippen LogP contribution in [0.3, 0.4) is 0 Å². The van der Waals surface area contributed by atoms with Crippen molar-refractivity contribution in [3.63, 3.8) is 0 Å². The maximum atomic E-state index is 13.1. The van der Waals surface area contributed by atoms with Crippen LogP contribution in [0.15, 0.2) is 89.8 Å². The van der Waals surface area contributed by atoms with Crippen LogP contribution < -0.4 is 10.0 Å². The first-order chi connectivity index (χ1) is 19.5. The SMILES string of the molecule is O=C(Nc1ccc(S(=O)(=O)Nc2cccc3ccccc23)cc1)[C@H]1CCCN(S(=O)(=O)Cc2c(Cl)cccc2Cl)C1. The van der Waals surface area contributed by atoms with Gasteiger partial charge in [0.15, 0.2) is 0 Å². The highest BCUT2D eigenvalue weighted by atomic mass is 35.5. The van der Waals surface area contributed by atoms with E-state index in [2.05, 4.69) is 10.0 Å². The van der Waals surface area contributed by atoms with Gasteiger partial charge in [-0.3, -0.25) is 9.52 Å². The summed E-state index contributed by atoms with van der Waals surface area (Å²) in [5.74, 6) is -1.27. The zero-order chi connectivity index (χ0) is 29.2. The zero-order valence-electron chi connectivity index (χ0n) is 21.8. The van der Waals surface area contributed by atoms with Crippen molar-refractivity contribution in [3.8, 4) is 0 Å². The third-order valence-electron chi connectivity index (χ3n) is 7.00. The Bertz CT molecular complexity index is 1790. The van der Waals surface area contributed by atoms with Crippen LogP contribution in [0.1, 0.15) is 18.4 Å². The lowest BCUT2D eigenvalue weighted by Crippen LogP contribution is -2.44. The number of rotatable bonds is 8. The molecule has 1 aliphatic rings. The molecular weight excluding hydrogens is 605 g/mol. The number of hydrogen-bond acceptors (Lipinski definition) is 5. The van der Waals surface area contributed by atoms with E-state index in [0.29, 0.717) is 36.3 Å². The van der Waals surface area contributed by atoms with Crippen molar-refractivity contribution >= 4 is 71.3 Å². The molecule has 1 amide bonds. The number of nitrogens with one attached hydrogen (secondary N) is 2. The van der Waals surface area contributed by atoms with E-state index in [1.807, 2.05) is 30.3 Å². The lowest BCUT2D eigenvalue weighted by Gasteiger charge is -2.31. The third-order valence-corrected chi connectivity index (χ3v) is 10.9. The second kappa shape index (κ2) is 12.0. The third kappa shape index (κ3) is 6.68. The second-order valence-electron chi connectivity index (χ2n) is 9.80. The van der Waals surface area contributed by atoms with E-state index in [0.717, 1.165) is 10.8 Å². The summed E-state index contributed by atoms with van der Waals surface area (Å²) in [5, 5.41) is 5.01. The maximum Gasteiger partial charge on any atom is 0.261 e. The van der Waals surface area contributed by atoms with Crippen LogP contribution in [0.2, 0.25) is 10.0 Å². The van der Waals surface area contributed by atoms with E-state index in [1.165, 1.54) is 28.6 Å². The van der Waals surface area contributed by atoms with E-state index in [4.69, 9.17) is 23.2 Å². The fourth-order valence-corrected chi connectivity index (χ4v) is 8.27. The molecule has 4 aromatic rings. The number of hydrogen-bond donors (Lipinski definition) is 2. The molecule has 8 nitrogen and oxygen atoms in total. The average Bonchev–Trinajstić information content (AvgIpc) is 2.95. The molecule has 5 rings (SSSR count). The number of piperidine rings is 1. The molecule has 0 aromatic heterocycles. The Morgan fingerprint density at radius 3 is 2.24 bits per heavy atom. The molecule has 1 aliphatic heterocycles. The number of carbonyl (C=O) groups excluding carboxylic acids is 1. The van der Waals surface area contributed by atoms with Crippen molar-refractivity contribution in [1.82, 2.24) is 4.31 Å². The lowest BCUT2D eigenvalue weighted by atomic mass is 9.99. The topological polar surface area (TPSA) is 113 Å². The van der Waals surface area contributed by atoms with E-state index in [1.54, 1.807) is 30.3 Å². The fourth-order valence-electron chi connectivity index (χ4n) is 4.83. The van der Waals surface area contributed by atoms with Crippen LogP contribution in [-0.4, -0.2) is 40.1 Å². The molecule has 0 aliphatic carbocycles. The van der Waals surface area contributed by atoms with E-state index in [9.17, 15) is 21.6 Å². The van der Waals surface area contributed by atoms with Crippen molar-refractivity contribution in [1.29, 1.82) is 0 Å². The molecule has 4 aromatic carbocycles. The minimum atomic E-state index is -3.88. The van der Waals surface area contributed by atoms with Crippen LogP contribution in [0.25, 0.3) is 10.8 Å². The molecule has 41 heavy (non-hydrogen) atoms. The van der Waals surface area contributed by atoms with Crippen LogP contribution in [0.5, 0.6) is 0 Å². The molecule has 0 spiro atoms. The molecule has 1 heterocycles. The van der Waals surface area contributed by atoms with Crippen LogP contribution in [0.4, 0.5) is 11.4 Å². The fraction of sp³-hybridized carbons (Fsp3) is 0.207. The van der Waals surface area contributed by atoms with Crippen LogP contribution in [0, 0.1) is 5.92 Å². The first-order valence-electron chi connectivity index (χ1n) is 12.9. The first-order valence-corrected chi connectivity index (χ1v) is 16.7. The number of benzene rings is 4. The second-order valence-corrected chi connectivity index (χ2v) is 14.3. The van der Waals surface area contributed by atoms with Gasteiger partial charge in [-0.15, -0.1) is 0 Å². The smallest absolute Gasteiger partial charge is 0.261 e. The highest BCUT2D eigenvalue weighted by molar-refractivity contribution is 7.92. The van der Waals surface area contributed by atoms with Crippen molar-refractivity contribution in [2.24, 2.45) is 5.92 Å². The molecule has 0 bridgehead atoms. The molecule has 0 unspecified atom stereocenters. The summed E-state index contributed by atoms with van der Waals surface area (Å²) in [6.45, 7) is 0.322. The summed E-state index contributed by atoms with van der Waals surface area (Å²) in [4.78, 5) is 13.1. The molecule has 1 atom stereocenters. The maximum absolute atomic E-state index is 13.1. The van der Waals surface area contributed by atoms with Gasteiger partial charge in [0, 0.05) is 39.8 Å². The van der Waals surface area contributed by atoms with Gasteiger partial charge in [-0.05, 0) is 60.7 Å². The van der Waals surface area contributed by atoms with Crippen molar-refractivity contribution in [2.45, 2.75) is 23.5 Å². The quantitative estimate of drug-likeness (QED) is 0.243. The van der Waals surface area contributed by atoms with Crippen LogP contribution >= 0.6 is 23.2 Å². The van der Waals surface area contributed by atoms with Gasteiger partial charge in [0.05, 0.1) is 22.3 Å². The standard InChI is InChI=1S/C29H27Cl2N3O5S2/c30-26-10-4-11-27(31)25(26)19-40(36,37)34-17-5-8-21(18-34)29(35)32-22-13-15-23(16-14-22)41(38,39)33-28-12-3-7-20-6-1-2-9-24(20)28/h1-4,6-7,9-16,21,33H,5,8,17-19H2,(H,32,35)/t21-/m0/s1. The summed E-state index contributed by atoms with van der Waals surface area (Å²) >= 11 is 12.3. The monoisotopic (exact) mass is 631 g/mol. The normalized spacial score (nSPS) is 16.4. The number of carbonyl (C=O) groups is 1. The highest BCUT2D eigenvalue weighted by Crippen LogP contribution is 2.30. The summed E-state index contributed by atoms with van der Waals surface area (Å²) in [6, 6.07) is 23.5. The van der Waals surface area contributed by atoms with Gasteiger partial charge < -0.3 is 5.32 Å². The summed E-state index contributed by atoms with van der Waals surface area (Å²) in [5.41, 5.74) is 1.20. The molecule has 2 N–H and O–H groups in total. The predicted octanol–water partition coefficient (Wildman–Crippen LogP) is 6.13. The Kier molecular flexibility index (Phi) is 8.58. The van der Waals surface area contributed by atoms with Gasteiger partial charge in [-0.1, -0.05) is 65.7 Å². The van der Waals surface area contributed by atoms with E-state index in [-0.39, 0.29) is 33.1 Å². The average molecular weight is 633 g/mol. The minimum Gasteiger partial charge on any atom is -0.326 e. The summed E-state index contributed by atoms with van der Waals surface area (Å²) in [7, 11) is -7.65. The van der Waals surface area contributed by atoms with Crippen molar-refractivity contribution < 1.29 is 21.6 Å². The molecule has 1 saturated heterocycles. The number of nitrogens with zero attached hydrogens (tertiary/aromatic N) is 1. The van der Waals surface area contributed by atoms with Crippen molar-refractivity contribution in [2.75, 3.05) is 23.1 Å². The number of fused-ring (bicyclic) bond motifs is 1. The molecule has 0 radical (unpaired) electrons. The molecule has 12 heteroatoms. The molecule has 1 fully saturated rings. The Hall–Kier alpha value is -3.15. The minimum absolute atomic E-state index is 0.0254. The first kappa shape index (κ1) is 29.3. The van der Waals surface area contributed by atoms with Gasteiger partial charge in [-0.25, -0.2) is 21.1 Å². The van der Waals surface area contributed by atoms with Gasteiger partial charge in [0.2, 0.25) is 15.9 Å². The Labute approximate surface area is 249 Å². The van der Waals surface area contributed by atoms with E-state index >= 15 is 0 Å². The molecular formula is C29H27Cl2N3O5S2. The highest BCUT2D eigenvalue weighted by Gasteiger charge is 2.33. The summed E-state index contributed by atoms with van der Waals surface area (Å²) in [6.07, 6.45) is 1.04. The molecule has 214 valence electrons. The molecule has 0 saturated carbocycles.